The highest BCUT2D eigenvalue weighted by molar-refractivity contribution is 7.14. The molecule has 0 amide bonds. The molecule has 2 rings (SSSR count). The molecule has 0 aliphatic rings. The third kappa shape index (κ3) is 3.03. The Balaban J connectivity index is 2.21. The lowest BCUT2D eigenvalue weighted by atomic mass is 10.1. The highest BCUT2D eigenvalue weighted by Crippen LogP contribution is 2.26. The van der Waals surface area contributed by atoms with E-state index in [1.807, 2.05) is 11.4 Å². The van der Waals surface area contributed by atoms with Gasteiger partial charge in [-0.2, -0.15) is 10.5 Å². The number of thiazole rings is 1. The average Bonchev–Trinajstić information content (AvgIpc) is 2.92. The summed E-state index contributed by atoms with van der Waals surface area (Å²) < 4.78 is 0. The Morgan fingerprint density at radius 1 is 1.25 bits per heavy atom. The molecule has 4 nitrogen and oxygen atoms in total. The maximum Gasteiger partial charge on any atom is 0.187 e. The molecular weight excluding hydrogens is 268 g/mol. The third-order valence-electron chi connectivity index (χ3n) is 2.89. The molecule has 98 valence electrons. The van der Waals surface area contributed by atoms with Crippen molar-refractivity contribution in [2.24, 2.45) is 0 Å². The van der Waals surface area contributed by atoms with Crippen LogP contribution in [0.5, 0.6) is 0 Å². The number of aromatic nitrogens is 1. The normalized spacial score (nSPS) is 9.40. The number of aryl methyl sites for hydroxylation is 2. The van der Waals surface area contributed by atoms with Gasteiger partial charge in [0.2, 0.25) is 0 Å². The van der Waals surface area contributed by atoms with E-state index < -0.39 is 0 Å². The summed E-state index contributed by atoms with van der Waals surface area (Å²) in [6, 6.07) is 9.78. The molecule has 0 saturated carbocycles. The number of nitrogens with one attached hydrogen (secondary N) is 1. The van der Waals surface area contributed by atoms with Crippen molar-refractivity contribution in [1.29, 1.82) is 10.5 Å². The number of allylic oxidation sites excluding steroid dienone is 1. The molecule has 0 unspecified atom stereocenters. The van der Waals surface area contributed by atoms with Gasteiger partial charge in [0.15, 0.2) is 5.13 Å². The molecule has 0 bridgehead atoms. The van der Waals surface area contributed by atoms with Crippen molar-refractivity contribution < 1.29 is 0 Å². The first kappa shape index (κ1) is 13.8. The maximum absolute atomic E-state index is 8.65. The van der Waals surface area contributed by atoms with Crippen molar-refractivity contribution in [2.75, 3.05) is 5.32 Å². The van der Waals surface area contributed by atoms with Crippen LogP contribution in [-0.2, 0) is 0 Å². The van der Waals surface area contributed by atoms with Crippen molar-refractivity contribution >= 4 is 16.5 Å². The SMILES string of the molecule is Cc1ccc(-c2csc(NC=C(C#N)C#N)n2)cc1C. The first-order valence-corrected chi connectivity index (χ1v) is 6.82. The van der Waals surface area contributed by atoms with Gasteiger partial charge < -0.3 is 5.32 Å². The molecule has 0 aliphatic heterocycles. The van der Waals surface area contributed by atoms with Gasteiger partial charge in [0.05, 0.1) is 5.69 Å². The topological polar surface area (TPSA) is 72.5 Å². The van der Waals surface area contributed by atoms with Crippen LogP contribution in [0.2, 0.25) is 0 Å². The number of rotatable bonds is 3. The molecule has 0 spiro atoms. The molecule has 5 heteroatoms. The molecule has 0 aliphatic carbocycles. The lowest BCUT2D eigenvalue weighted by Crippen LogP contribution is -1.89. The third-order valence-corrected chi connectivity index (χ3v) is 3.66. The molecule has 0 atom stereocenters. The van der Waals surface area contributed by atoms with Crippen LogP contribution in [0.25, 0.3) is 11.3 Å². The number of hydrogen-bond acceptors (Lipinski definition) is 5. The molecule has 0 fully saturated rings. The molecule has 1 aromatic carbocycles. The maximum atomic E-state index is 8.65. The van der Waals surface area contributed by atoms with Crippen LogP contribution >= 0.6 is 11.3 Å². The molecule has 20 heavy (non-hydrogen) atoms. The van der Waals surface area contributed by atoms with Crippen LogP contribution in [0.4, 0.5) is 5.13 Å². The number of nitriles is 2. The summed E-state index contributed by atoms with van der Waals surface area (Å²) in [5.74, 6) is 0. The molecule has 1 N–H and O–H groups in total. The van der Waals surface area contributed by atoms with E-state index in [-0.39, 0.29) is 5.57 Å². The highest BCUT2D eigenvalue weighted by atomic mass is 32.1. The van der Waals surface area contributed by atoms with Gasteiger partial charge in [0, 0.05) is 17.1 Å². The van der Waals surface area contributed by atoms with Crippen LogP contribution in [0.1, 0.15) is 11.1 Å². The second-order valence-corrected chi connectivity index (χ2v) is 5.12. The van der Waals surface area contributed by atoms with Crippen LogP contribution in [0.15, 0.2) is 35.4 Å². The summed E-state index contributed by atoms with van der Waals surface area (Å²) in [6.45, 7) is 4.14. The quantitative estimate of drug-likeness (QED) is 0.869. The second kappa shape index (κ2) is 6.01. The van der Waals surface area contributed by atoms with Crippen LogP contribution < -0.4 is 5.32 Å². The van der Waals surface area contributed by atoms with E-state index in [0.717, 1.165) is 11.3 Å². The van der Waals surface area contributed by atoms with Crippen molar-refractivity contribution in [3.05, 3.63) is 46.5 Å². The second-order valence-electron chi connectivity index (χ2n) is 4.26. The smallest absolute Gasteiger partial charge is 0.187 e. The van der Waals surface area contributed by atoms with Crippen LogP contribution in [-0.4, -0.2) is 4.98 Å². The fraction of sp³-hybridized carbons (Fsp3) is 0.133. The fourth-order valence-electron chi connectivity index (χ4n) is 1.60. The van der Waals surface area contributed by atoms with Crippen molar-refractivity contribution in [1.82, 2.24) is 4.98 Å². The summed E-state index contributed by atoms with van der Waals surface area (Å²) in [5, 5.41) is 22.8. The van der Waals surface area contributed by atoms with E-state index in [1.165, 1.54) is 28.7 Å². The Labute approximate surface area is 121 Å². The number of nitrogens with zero attached hydrogens (tertiary/aromatic N) is 3. The standard InChI is InChI=1S/C15H12N4S/c1-10-3-4-13(5-11(10)2)14-9-20-15(19-14)18-8-12(6-16)7-17/h3-5,8-9H,1-2H3,(H,18,19). The van der Waals surface area contributed by atoms with Crippen molar-refractivity contribution in [2.45, 2.75) is 13.8 Å². The minimum atomic E-state index is 0.0212. The van der Waals surface area contributed by atoms with Gasteiger partial charge in [-0.05, 0) is 31.0 Å². The largest absolute Gasteiger partial charge is 0.336 e. The number of benzene rings is 1. The van der Waals surface area contributed by atoms with Crippen LogP contribution in [0, 0.1) is 36.5 Å². The average molecular weight is 280 g/mol. The Bertz CT molecular complexity index is 728. The van der Waals surface area contributed by atoms with E-state index in [9.17, 15) is 0 Å². The van der Waals surface area contributed by atoms with E-state index in [2.05, 4.69) is 36.3 Å². The molecule has 0 saturated heterocycles. The molecular formula is C15H12N4S. The Morgan fingerprint density at radius 3 is 2.65 bits per heavy atom. The van der Waals surface area contributed by atoms with E-state index in [0.29, 0.717) is 5.13 Å². The van der Waals surface area contributed by atoms with Crippen molar-refractivity contribution in [3.63, 3.8) is 0 Å². The Kier molecular flexibility index (Phi) is 4.14. The minimum Gasteiger partial charge on any atom is -0.336 e. The lowest BCUT2D eigenvalue weighted by Gasteiger charge is -2.02. The predicted octanol–water partition coefficient (Wildman–Crippen LogP) is 3.77. The first-order chi connectivity index (χ1) is 9.63. The monoisotopic (exact) mass is 280 g/mol. The van der Waals surface area contributed by atoms with Gasteiger partial charge in [0.1, 0.15) is 17.7 Å². The molecule has 1 heterocycles. The summed E-state index contributed by atoms with van der Waals surface area (Å²) >= 11 is 1.43. The predicted molar refractivity (Wildman–Crippen MR) is 80.0 cm³/mol. The van der Waals surface area contributed by atoms with Crippen LogP contribution in [0.3, 0.4) is 0 Å². The van der Waals surface area contributed by atoms with Gasteiger partial charge in [0.25, 0.3) is 0 Å². The van der Waals surface area contributed by atoms with Gasteiger partial charge in [-0.25, -0.2) is 4.98 Å². The van der Waals surface area contributed by atoms with Gasteiger partial charge in [-0.15, -0.1) is 11.3 Å². The van der Waals surface area contributed by atoms with Crippen molar-refractivity contribution in [3.8, 4) is 23.4 Å². The number of hydrogen-bond donors (Lipinski definition) is 1. The van der Waals surface area contributed by atoms with E-state index in [1.54, 1.807) is 12.1 Å². The van der Waals surface area contributed by atoms with E-state index >= 15 is 0 Å². The number of anilines is 1. The molecule has 0 radical (unpaired) electrons. The van der Waals surface area contributed by atoms with Gasteiger partial charge in [-0.1, -0.05) is 12.1 Å². The minimum absolute atomic E-state index is 0.0212. The van der Waals surface area contributed by atoms with Gasteiger partial charge in [-0.3, -0.25) is 0 Å². The first-order valence-electron chi connectivity index (χ1n) is 5.94. The summed E-state index contributed by atoms with van der Waals surface area (Å²) in [7, 11) is 0. The molecule has 2 aromatic rings. The highest BCUT2D eigenvalue weighted by Gasteiger charge is 2.05. The van der Waals surface area contributed by atoms with E-state index in [4.69, 9.17) is 10.5 Å². The summed E-state index contributed by atoms with van der Waals surface area (Å²) in [5.41, 5.74) is 4.43. The Hall–Kier alpha value is -2.63. The Morgan fingerprint density at radius 2 is 2.00 bits per heavy atom. The zero-order valence-electron chi connectivity index (χ0n) is 11.1. The summed E-state index contributed by atoms with van der Waals surface area (Å²) in [4.78, 5) is 4.44. The zero-order chi connectivity index (χ0) is 14.5. The lowest BCUT2D eigenvalue weighted by molar-refractivity contribution is 1.32. The molecule has 1 aromatic heterocycles. The summed E-state index contributed by atoms with van der Waals surface area (Å²) in [6.07, 6.45) is 1.36. The zero-order valence-corrected chi connectivity index (χ0v) is 12.0. The fourth-order valence-corrected chi connectivity index (χ4v) is 2.29. The van der Waals surface area contributed by atoms with Gasteiger partial charge >= 0.3 is 0 Å².